The van der Waals surface area contributed by atoms with Gasteiger partial charge in [0.05, 0.1) is 6.26 Å². The van der Waals surface area contributed by atoms with Gasteiger partial charge in [-0.1, -0.05) is 6.92 Å². The van der Waals surface area contributed by atoms with E-state index in [1.54, 1.807) is 0 Å². The molecule has 0 aromatic rings. The minimum absolute atomic E-state index is 0.0741. The topological polar surface area (TPSA) is 58.2 Å². The van der Waals surface area contributed by atoms with E-state index >= 15 is 0 Å². The molecule has 5 heteroatoms. The fourth-order valence-electron chi connectivity index (χ4n) is 1.24. The van der Waals surface area contributed by atoms with Crippen LogP contribution in [0, 0.1) is 5.92 Å². The van der Waals surface area contributed by atoms with Gasteiger partial charge in [-0.2, -0.15) is 0 Å². The number of hydrogen-bond acceptors (Lipinski definition) is 3. The maximum Gasteiger partial charge on any atom is 0.209 e. The zero-order chi connectivity index (χ0) is 8.48. The van der Waals surface area contributed by atoms with Gasteiger partial charge in [0.15, 0.2) is 0 Å². The Morgan fingerprint density at radius 3 is 2.45 bits per heavy atom. The summed E-state index contributed by atoms with van der Waals surface area (Å²) in [7, 11) is -3.03. The Balaban J connectivity index is 2.50. The Morgan fingerprint density at radius 1 is 1.45 bits per heavy atom. The van der Waals surface area contributed by atoms with Gasteiger partial charge < -0.3 is 5.32 Å². The Bertz CT molecular complexity index is 225. The van der Waals surface area contributed by atoms with Crippen molar-refractivity contribution in [3.8, 4) is 0 Å². The molecule has 2 atom stereocenters. The van der Waals surface area contributed by atoms with Crippen LogP contribution in [-0.2, 0) is 10.0 Å². The molecule has 0 aromatic heterocycles. The van der Waals surface area contributed by atoms with Crippen LogP contribution in [0.4, 0.5) is 0 Å². The maximum atomic E-state index is 10.8. The molecule has 1 rings (SSSR count). The van der Waals surface area contributed by atoms with Gasteiger partial charge in [-0.05, 0) is 12.5 Å². The van der Waals surface area contributed by atoms with Crippen molar-refractivity contribution in [3.63, 3.8) is 0 Å². The lowest BCUT2D eigenvalue weighted by Gasteiger charge is -2.13. The highest BCUT2D eigenvalue weighted by Crippen LogP contribution is 2.07. The fraction of sp³-hybridized carbons (Fsp3) is 1.00. The SMILES string of the molecule is C[C@H]1CNC[C@H]1NS(C)(=O)=O. The van der Waals surface area contributed by atoms with E-state index in [9.17, 15) is 8.42 Å². The van der Waals surface area contributed by atoms with Crippen LogP contribution < -0.4 is 10.0 Å². The molecular weight excluding hydrogens is 164 g/mol. The molecule has 0 amide bonds. The van der Waals surface area contributed by atoms with Crippen LogP contribution in [0.2, 0.25) is 0 Å². The quantitative estimate of drug-likeness (QED) is 0.578. The molecule has 0 aliphatic carbocycles. The van der Waals surface area contributed by atoms with Gasteiger partial charge in [0.2, 0.25) is 10.0 Å². The van der Waals surface area contributed by atoms with E-state index in [2.05, 4.69) is 10.0 Å². The largest absolute Gasteiger partial charge is 0.315 e. The van der Waals surface area contributed by atoms with Crippen LogP contribution >= 0.6 is 0 Å². The van der Waals surface area contributed by atoms with Crippen LogP contribution in [0.15, 0.2) is 0 Å². The molecule has 1 fully saturated rings. The third kappa shape index (κ3) is 2.76. The summed E-state index contributed by atoms with van der Waals surface area (Å²) in [5.74, 6) is 0.393. The molecular formula is C6H14N2O2S. The van der Waals surface area contributed by atoms with E-state index in [1.807, 2.05) is 6.92 Å². The lowest BCUT2D eigenvalue weighted by atomic mass is 10.1. The zero-order valence-electron chi connectivity index (χ0n) is 6.79. The molecule has 0 spiro atoms. The lowest BCUT2D eigenvalue weighted by molar-refractivity contribution is 0.505. The first-order chi connectivity index (χ1) is 4.99. The summed E-state index contributed by atoms with van der Waals surface area (Å²) >= 11 is 0. The van der Waals surface area contributed by atoms with Crippen molar-refractivity contribution in [2.45, 2.75) is 13.0 Å². The van der Waals surface area contributed by atoms with E-state index in [1.165, 1.54) is 6.26 Å². The summed E-state index contributed by atoms with van der Waals surface area (Å²) in [6, 6.07) is 0.0741. The molecule has 0 unspecified atom stereocenters. The van der Waals surface area contributed by atoms with Gasteiger partial charge >= 0.3 is 0 Å². The molecule has 11 heavy (non-hydrogen) atoms. The van der Waals surface area contributed by atoms with Crippen LogP contribution in [0.1, 0.15) is 6.92 Å². The third-order valence-electron chi connectivity index (χ3n) is 1.88. The number of hydrogen-bond donors (Lipinski definition) is 2. The van der Waals surface area contributed by atoms with Crippen LogP contribution in [0.25, 0.3) is 0 Å². The first-order valence-corrected chi connectivity index (χ1v) is 5.56. The maximum absolute atomic E-state index is 10.8. The van der Waals surface area contributed by atoms with Gasteiger partial charge in [0, 0.05) is 12.6 Å². The Hall–Kier alpha value is -0.130. The summed E-state index contributed by atoms with van der Waals surface area (Å²) in [5.41, 5.74) is 0. The number of nitrogens with one attached hydrogen (secondary N) is 2. The van der Waals surface area contributed by atoms with Gasteiger partial charge in [-0.25, -0.2) is 13.1 Å². The van der Waals surface area contributed by atoms with Crippen molar-refractivity contribution in [2.75, 3.05) is 19.3 Å². The van der Waals surface area contributed by atoms with Crippen LogP contribution in [0.5, 0.6) is 0 Å². The first kappa shape index (κ1) is 8.96. The lowest BCUT2D eigenvalue weighted by Crippen LogP contribution is -2.38. The van der Waals surface area contributed by atoms with Crippen molar-refractivity contribution in [3.05, 3.63) is 0 Å². The minimum Gasteiger partial charge on any atom is -0.315 e. The molecule has 0 bridgehead atoms. The third-order valence-corrected chi connectivity index (χ3v) is 2.61. The van der Waals surface area contributed by atoms with E-state index < -0.39 is 10.0 Å². The normalized spacial score (nSPS) is 32.5. The zero-order valence-corrected chi connectivity index (χ0v) is 7.61. The first-order valence-electron chi connectivity index (χ1n) is 3.67. The van der Waals surface area contributed by atoms with E-state index in [4.69, 9.17) is 0 Å². The van der Waals surface area contributed by atoms with E-state index in [0.717, 1.165) is 13.1 Å². The summed E-state index contributed by atoms with van der Waals surface area (Å²) in [4.78, 5) is 0. The average molecular weight is 178 g/mol. The fourth-order valence-corrected chi connectivity index (χ4v) is 2.11. The van der Waals surface area contributed by atoms with Gasteiger partial charge in [-0.3, -0.25) is 0 Å². The molecule has 0 radical (unpaired) electrons. The molecule has 4 nitrogen and oxygen atoms in total. The molecule has 0 saturated carbocycles. The molecule has 1 aliphatic rings. The second-order valence-corrected chi connectivity index (χ2v) is 4.91. The van der Waals surface area contributed by atoms with Crippen LogP contribution in [0.3, 0.4) is 0 Å². The second kappa shape index (κ2) is 3.08. The number of sulfonamides is 1. The monoisotopic (exact) mass is 178 g/mol. The summed E-state index contributed by atoms with van der Waals surface area (Å²) < 4.78 is 24.2. The highest BCUT2D eigenvalue weighted by Gasteiger charge is 2.25. The highest BCUT2D eigenvalue weighted by molar-refractivity contribution is 7.88. The number of rotatable bonds is 2. The second-order valence-electron chi connectivity index (χ2n) is 3.13. The van der Waals surface area contributed by atoms with Crippen molar-refractivity contribution in [1.29, 1.82) is 0 Å². The summed E-state index contributed by atoms with van der Waals surface area (Å²) in [6.07, 6.45) is 1.19. The molecule has 0 aromatic carbocycles. The predicted molar refractivity (Wildman–Crippen MR) is 43.8 cm³/mol. The standard InChI is InChI=1S/C6H14N2O2S/c1-5-3-7-4-6(5)8-11(2,9)10/h5-8H,3-4H2,1-2H3/t5-,6+/m0/s1. The summed E-state index contributed by atoms with van der Waals surface area (Å²) in [5, 5.41) is 3.12. The Morgan fingerprint density at radius 2 is 2.09 bits per heavy atom. The molecule has 2 N–H and O–H groups in total. The van der Waals surface area contributed by atoms with E-state index in [0.29, 0.717) is 5.92 Å². The van der Waals surface area contributed by atoms with Gasteiger partial charge in [0.25, 0.3) is 0 Å². The van der Waals surface area contributed by atoms with Crippen molar-refractivity contribution >= 4 is 10.0 Å². The molecule has 1 heterocycles. The molecule has 1 saturated heterocycles. The van der Waals surface area contributed by atoms with Gasteiger partial charge in [0.1, 0.15) is 0 Å². The molecule has 66 valence electrons. The smallest absolute Gasteiger partial charge is 0.209 e. The predicted octanol–water partition coefficient (Wildman–Crippen LogP) is -0.856. The van der Waals surface area contributed by atoms with Crippen molar-refractivity contribution in [1.82, 2.24) is 10.0 Å². The Kier molecular flexibility index (Phi) is 2.51. The van der Waals surface area contributed by atoms with E-state index in [-0.39, 0.29) is 6.04 Å². The Labute approximate surface area is 67.4 Å². The van der Waals surface area contributed by atoms with Crippen molar-refractivity contribution < 1.29 is 8.42 Å². The minimum atomic E-state index is -3.03. The molecule has 1 aliphatic heterocycles. The van der Waals surface area contributed by atoms with Crippen molar-refractivity contribution in [2.24, 2.45) is 5.92 Å². The van der Waals surface area contributed by atoms with Crippen LogP contribution in [-0.4, -0.2) is 33.8 Å². The highest BCUT2D eigenvalue weighted by atomic mass is 32.2. The average Bonchev–Trinajstić information content (AvgIpc) is 2.12. The van der Waals surface area contributed by atoms with Gasteiger partial charge in [-0.15, -0.1) is 0 Å². The summed E-state index contributed by atoms with van der Waals surface area (Å²) in [6.45, 7) is 3.67.